The monoisotopic (exact) mass is 402 g/mol. The van der Waals surface area contributed by atoms with Crippen LogP contribution in [0.4, 0.5) is 4.39 Å². The number of nitrogens with zero attached hydrogens (tertiary/aromatic N) is 2. The lowest BCUT2D eigenvalue weighted by molar-refractivity contribution is -0.917. The lowest BCUT2D eigenvalue weighted by Gasteiger charge is -2.31. The number of hydrogen-bond donors (Lipinski definition) is 1. The van der Waals surface area contributed by atoms with E-state index in [1.807, 2.05) is 17.0 Å². The maximum atomic E-state index is 13.7. The Morgan fingerprint density at radius 1 is 1.15 bits per heavy atom. The topological polar surface area (TPSA) is 37.6 Å². The number of amides is 1. The van der Waals surface area contributed by atoms with E-state index in [1.165, 1.54) is 27.4 Å². The van der Waals surface area contributed by atoms with Crippen LogP contribution in [0.5, 0.6) is 0 Å². The van der Waals surface area contributed by atoms with Crippen LogP contribution in [0.2, 0.25) is 0 Å². The van der Waals surface area contributed by atoms with Gasteiger partial charge in [-0.3, -0.25) is 4.79 Å². The number of carbonyl (C=O) groups is 1. The minimum Gasteiger partial charge on any atom is -0.331 e. The molecule has 2 heterocycles. The van der Waals surface area contributed by atoms with Crippen LogP contribution >= 0.6 is 23.1 Å². The van der Waals surface area contributed by atoms with Crippen molar-refractivity contribution in [1.29, 1.82) is 0 Å². The van der Waals surface area contributed by atoms with Gasteiger partial charge in [-0.2, -0.15) is 0 Å². The second kappa shape index (κ2) is 8.37. The van der Waals surface area contributed by atoms with Gasteiger partial charge in [-0.25, -0.2) is 9.37 Å². The summed E-state index contributed by atoms with van der Waals surface area (Å²) in [7, 11) is 0. The maximum absolute atomic E-state index is 13.7. The first kappa shape index (κ1) is 18.4. The first-order chi connectivity index (χ1) is 13.2. The van der Waals surface area contributed by atoms with Gasteiger partial charge in [0.1, 0.15) is 17.4 Å². The highest BCUT2D eigenvalue weighted by Gasteiger charge is 2.24. The number of halogens is 1. The molecular formula is C20H21FN3OS2+. The van der Waals surface area contributed by atoms with E-state index in [9.17, 15) is 9.18 Å². The molecule has 0 unspecified atom stereocenters. The van der Waals surface area contributed by atoms with Crippen molar-refractivity contribution in [1.82, 2.24) is 9.88 Å². The van der Waals surface area contributed by atoms with Crippen LogP contribution in [0, 0.1) is 5.82 Å². The molecule has 0 bridgehead atoms. The quantitative estimate of drug-likeness (QED) is 0.667. The third-order valence-corrected chi connectivity index (χ3v) is 6.82. The number of thioether (sulfide) groups is 1. The van der Waals surface area contributed by atoms with Crippen LogP contribution < -0.4 is 4.90 Å². The zero-order valence-electron chi connectivity index (χ0n) is 14.9. The fourth-order valence-corrected chi connectivity index (χ4v) is 5.13. The zero-order valence-corrected chi connectivity index (χ0v) is 16.5. The summed E-state index contributed by atoms with van der Waals surface area (Å²) >= 11 is 3.03. The summed E-state index contributed by atoms with van der Waals surface area (Å²) in [5.41, 5.74) is 1.07. The second-order valence-corrected chi connectivity index (χ2v) is 8.73. The molecule has 0 radical (unpaired) electrons. The van der Waals surface area contributed by atoms with Crippen molar-refractivity contribution in [2.45, 2.75) is 11.4 Å². The van der Waals surface area contributed by atoms with Gasteiger partial charge in [0, 0.05) is 4.90 Å². The average Bonchev–Trinajstić information content (AvgIpc) is 3.10. The Labute approximate surface area is 166 Å². The molecule has 0 atom stereocenters. The van der Waals surface area contributed by atoms with Gasteiger partial charge in [0.05, 0.1) is 42.1 Å². The molecule has 1 N–H and O–H groups in total. The summed E-state index contributed by atoms with van der Waals surface area (Å²) in [6.45, 7) is 4.25. The fraction of sp³-hybridized carbons (Fsp3) is 0.300. The number of quaternary nitrogens is 1. The van der Waals surface area contributed by atoms with Gasteiger partial charge in [-0.1, -0.05) is 24.3 Å². The van der Waals surface area contributed by atoms with E-state index in [-0.39, 0.29) is 17.5 Å². The van der Waals surface area contributed by atoms with Crippen molar-refractivity contribution >= 4 is 39.2 Å². The number of benzene rings is 2. The second-order valence-electron chi connectivity index (χ2n) is 6.60. The zero-order chi connectivity index (χ0) is 18.6. The number of hydrogen-bond acceptors (Lipinski definition) is 4. The summed E-state index contributed by atoms with van der Waals surface area (Å²) < 4.78 is 14.9. The summed E-state index contributed by atoms with van der Waals surface area (Å²) in [5.74, 6) is 0.108. The van der Waals surface area contributed by atoms with Crippen molar-refractivity contribution in [3.8, 4) is 0 Å². The molecule has 1 fully saturated rings. The van der Waals surface area contributed by atoms with Crippen LogP contribution in [0.1, 0.15) is 5.01 Å². The van der Waals surface area contributed by atoms with Crippen molar-refractivity contribution in [3.63, 3.8) is 0 Å². The maximum Gasteiger partial charge on any atom is 0.233 e. The third-order valence-electron chi connectivity index (χ3n) is 4.75. The van der Waals surface area contributed by atoms with Crippen molar-refractivity contribution < 1.29 is 14.1 Å². The molecule has 4 rings (SSSR count). The molecule has 0 spiro atoms. The van der Waals surface area contributed by atoms with Gasteiger partial charge in [-0.05, 0) is 24.3 Å². The van der Waals surface area contributed by atoms with Crippen molar-refractivity contribution in [2.75, 3.05) is 31.9 Å². The molecule has 4 nitrogen and oxygen atoms in total. The van der Waals surface area contributed by atoms with E-state index in [1.54, 1.807) is 29.5 Å². The Morgan fingerprint density at radius 2 is 1.89 bits per heavy atom. The largest absolute Gasteiger partial charge is 0.331 e. The molecule has 7 heteroatoms. The summed E-state index contributed by atoms with van der Waals surface area (Å²) in [4.78, 5) is 21.0. The molecule has 0 aliphatic carbocycles. The Morgan fingerprint density at radius 3 is 2.67 bits per heavy atom. The molecular weight excluding hydrogens is 381 g/mol. The van der Waals surface area contributed by atoms with Gasteiger partial charge >= 0.3 is 0 Å². The predicted octanol–water partition coefficient (Wildman–Crippen LogP) is 2.45. The Bertz CT molecular complexity index is 905. The molecule has 2 aromatic carbocycles. The summed E-state index contributed by atoms with van der Waals surface area (Å²) in [5, 5.41) is 1.15. The van der Waals surface area contributed by atoms with Gasteiger partial charge in [0.25, 0.3) is 0 Å². The number of thiazole rings is 1. The van der Waals surface area contributed by atoms with Crippen LogP contribution in [0.15, 0.2) is 53.4 Å². The number of aromatic nitrogens is 1. The SMILES string of the molecule is O=C(CSc1ccccc1F)N1CC[NH+](Cc2nc3ccccc3s2)CC1. The van der Waals surface area contributed by atoms with Crippen LogP contribution in [-0.4, -0.2) is 47.7 Å². The lowest BCUT2D eigenvalue weighted by atomic mass is 10.3. The fourth-order valence-electron chi connectivity index (χ4n) is 3.25. The highest BCUT2D eigenvalue weighted by atomic mass is 32.2. The van der Waals surface area contributed by atoms with E-state index >= 15 is 0 Å². The van der Waals surface area contributed by atoms with E-state index in [2.05, 4.69) is 12.1 Å². The minimum atomic E-state index is -0.264. The van der Waals surface area contributed by atoms with E-state index in [4.69, 9.17) is 4.98 Å². The number of para-hydroxylation sites is 1. The average molecular weight is 403 g/mol. The highest BCUT2D eigenvalue weighted by Crippen LogP contribution is 2.22. The van der Waals surface area contributed by atoms with Crippen LogP contribution in [0.3, 0.4) is 0 Å². The number of carbonyl (C=O) groups excluding carboxylic acids is 1. The molecule has 3 aromatic rings. The van der Waals surface area contributed by atoms with Gasteiger partial charge in [0.2, 0.25) is 5.91 Å². The minimum absolute atomic E-state index is 0.0855. The Kier molecular flexibility index (Phi) is 5.71. The predicted molar refractivity (Wildman–Crippen MR) is 108 cm³/mol. The smallest absolute Gasteiger partial charge is 0.233 e. The number of piperazine rings is 1. The normalized spacial score (nSPS) is 15.4. The Balaban J connectivity index is 1.27. The molecule has 0 saturated carbocycles. The lowest BCUT2D eigenvalue weighted by Crippen LogP contribution is -3.13. The van der Waals surface area contributed by atoms with Crippen molar-refractivity contribution in [3.05, 3.63) is 59.4 Å². The van der Waals surface area contributed by atoms with Crippen molar-refractivity contribution in [2.24, 2.45) is 0 Å². The van der Waals surface area contributed by atoms with Gasteiger partial charge < -0.3 is 9.80 Å². The van der Waals surface area contributed by atoms with E-state index in [0.29, 0.717) is 4.90 Å². The molecule has 140 valence electrons. The summed E-state index contributed by atoms with van der Waals surface area (Å²) in [6.07, 6.45) is 0. The van der Waals surface area contributed by atoms with E-state index < -0.39 is 0 Å². The standard InChI is InChI=1S/C20H20FN3OS2/c21-15-5-1-3-7-17(15)26-14-20(25)24-11-9-23(10-12-24)13-19-22-16-6-2-4-8-18(16)27-19/h1-8H,9-14H2/p+1. The molecule has 1 aliphatic rings. The highest BCUT2D eigenvalue weighted by molar-refractivity contribution is 8.00. The van der Waals surface area contributed by atoms with Gasteiger partial charge in [0.15, 0.2) is 0 Å². The van der Waals surface area contributed by atoms with Crippen LogP contribution in [0.25, 0.3) is 10.2 Å². The number of fused-ring (bicyclic) bond motifs is 1. The molecule has 1 aromatic heterocycles. The molecule has 1 aliphatic heterocycles. The number of nitrogens with one attached hydrogen (secondary N) is 1. The first-order valence-electron chi connectivity index (χ1n) is 9.02. The first-order valence-corrected chi connectivity index (χ1v) is 10.8. The molecule has 1 amide bonds. The summed E-state index contributed by atoms with van der Waals surface area (Å²) in [6, 6.07) is 14.8. The number of rotatable bonds is 5. The Hall–Kier alpha value is -1.96. The van der Waals surface area contributed by atoms with Crippen LogP contribution in [-0.2, 0) is 11.3 Å². The molecule has 27 heavy (non-hydrogen) atoms. The van der Waals surface area contributed by atoms with Gasteiger partial charge in [-0.15, -0.1) is 23.1 Å². The molecule has 1 saturated heterocycles. The third kappa shape index (κ3) is 4.48. The van der Waals surface area contributed by atoms with E-state index in [0.717, 1.165) is 43.2 Å².